The van der Waals surface area contributed by atoms with Crippen molar-refractivity contribution in [2.75, 3.05) is 0 Å². The van der Waals surface area contributed by atoms with Gasteiger partial charge in [0.05, 0.1) is 0 Å². The van der Waals surface area contributed by atoms with E-state index in [0.29, 0.717) is 5.56 Å². The highest BCUT2D eigenvalue weighted by molar-refractivity contribution is 9.10. The van der Waals surface area contributed by atoms with Gasteiger partial charge in [0.1, 0.15) is 5.56 Å². The number of aryl methyl sites for hydroxylation is 1. The van der Waals surface area contributed by atoms with Crippen LogP contribution < -0.4 is 0 Å². The molecule has 4 nitrogen and oxygen atoms in total. The summed E-state index contributed by atoms with van der Waals surface area (Å²) in [5.41, 5.74) is -0.221. The highest BCUT2D eigenvalue weighted by atomic mass is 79.9. The van der Waals surface area contributed by atoms with Gasteiger partial charge in [0.2, 0.25) is 4.60 Å². The first-order chi connectivity index (χ1) is 6.43. The zero-order valence-electron chi connectivity index (χ0n) is 7.00. The first kappa shape index (κ1) is 11.0. The van der Waals surface area contributed by atoms with Crippen LogP contribution in [-0.4, -0.2) is 9.91 Å². The van der Waals surface area contributed by atoms with E-state index in [4.69, 9.17) is 0 Å². The second kappa shape index (κ2) is 3.95. The van der Waals surface area contributed by atoms with Gasteiger partial charge in [-0.25, -0.2) is 8.78 Å². The quantitative estimate of drug-likeness (QED) is 0.470. The number of nitro groups is 1. The predicted molar refractivity (Wildman–Crippen MR) is 48.3 cm³/mol. The number of alkyl halides is 2. The van der Waals surface area contributed by atoms with Crippen LogP contribution in [0.5, 0.6) is 0 Å². The van der Waals surface area contributed by atoms with Crippen molar-refractivity contribution in [2.24, 2.45) is 0 Å². The molecule has 7 heteroatoms. The van der Waals surface area contributed by atoms with Gasteiger partial charge in [0.15, 0.2) is 0 Å². The van der Waals surface area contributed by atoms with Crippen LogP contribution in [0.3, 0.4) is 0 Å². The molecule has 0 fully saturated rings. The van der Waals surface area contributed by atoms with Crippen molar-refractivity contribution in [1.29, 1.82) is 0 Å². The molecule has 14 heavy (non-hydrogen) atoms. The summed E-state index contributed by atoms with van der Waals surface area (Å²) in [5.74, 6) is -0.808. The molecule has 0 saturated carbocycles. The van der Waals surface area contributed by atoms with Crippen molar-refractivity contribution < 1.29 is 13.7 Å². The number of rotatable bonds is 2. The normalized spacial score (nSPS) is 10.6. The highest BCUT2D eigenvalue weighted by Crippen LogP contribution is 2.30. The summed E-state index contributed by atoms with van der Waals surface area (Å²) in [7, 11) is 0. The van der Waals surface area contributed by atoms with Crippen LogP contribution in [0, 0.1) is 17.0 Å². The fourth-order valence-corrected chi connectivity index (χ4v) is 1.19. The van der Waals surface area contributed by atoms with Gasteiger partial charge in [-0.2, -0.15) is 0 Å². The van der Waals surface area contributed by atoms with E-state index in [0.717, 1.165) is 6.07 Å². The van der Waals surface area contributed by atoms with E-state index >= 15 is 0 Å². The predicted octanol–water partition coefficient (Wildman–Crippen LogP) is 3.00. The van der Waals surface area contributed by atoms with Gasteiger partial charge in [-0.05, 0) is 22.9 Å². The lowest BCUT2D eigenvalue weighted by molar-refractivity contribution is -0.391. The summed E-state index contributed by atoms with van der Waals surface area (Å²) in [4.78, 5) is 12.9. The third kappa shape index (κ3) is 2.03. The molecule has 0 spiro atoms. The standard InChI is InChI=1S/C7H5BrF2N2O2/c1-3-2-4(6(9)10)7(12(13)14)11-5(3)8/h2,6H,1H3. The van der Waals surface area contributed by atoms with E-state index < -0.39 is 22.7 Å². The maximum Gasteiger partial charge on any atom is 0.373 e. The van der Waals surface area contributed by atoms with Crippen LogP contribution >= 0.6 is 15.9 Å². The summed E-state index contributed by atoms with van der Waals surface area (Å²) in [6, 6.07) is 1.06. The lowest BCUT2D eigenvalue weighted by atomic mass is 10.2. The van der Waals surface area contributed by atoms with Crippen molar-refractivity contribution in [3.63, 3.8) is 0 Å². The molecule has 0 aliphatic rings. The first-order valence-electron chi connectivity index (χ1n) is 3.53. The minimum atomic E-state index is -2.89. The first-order valence-corrected chi connectivity index (χ1v) is 4.32. The minimum Gasteiger partial charge on any atom is -0.358 e. The molecule has 1 rings (SSSR count). The smallest absolute Gasteiger partial charge is 0.358 e. The number of pyridine rings is 1. The third-order valence-corrected chi connectivity index (χ3v) is 2.37. The van der Waals surface area contributed by atoms with Gasteiger partial charge in [0, 0.05) is 21.5 Å². The van der Waals surface area contributed by atoms with Gasteiger partial charge in [-0.3, -0.25) is 0 Å². The number of nitrogens with zero attached hydrogens (tertiary/aromatic N) is 2. The summed E-state index contributed by atoms with van der Waals surface area (Å²) >= 11 is 2.94. The maximum atomic E-state index is 12.3. The second-order valence-corrected chi connectivity index (χ2v) is 3.32. The average molecular weight is 267 g/mol. The van der Waals surface area contributed by atoms with E-state index in [9.17, 15) is 18.9 Å². The Bertz CT molecular complexity index is 384. The Kier molecular flexibility index (Phi) is 3.10. The van der Waals surface area contributed by atoms with Crippen LogP contribution in [-0.2, 0) is 0 Å². The second-order valence-electron chi connectivity index (χ2n) is 2.57. The number of hydrogen-bond acceptors (Lipinski definition) is 3. The zero-order valence-corrected chi connectivity index (χ0v) is 8.59. The Balaban J connectivity index is 3.39. The van der Waals surface area contributed by atoms with E-state index in [2.05, 4.69) is 20.9 Å². The van der Waals surface area contributed by atoms with Crippen molar-refractivity contribution >= 4 is 21.7 Å². The Labute approximate surface area is 86.2 Å². The van der Waals surface area contributed by atoms with E-state index in [1.807, 2.05) is 0 Å². The van der Waals surface area contributed by atoms with E-state index in [1.54, 1.807) is 0 Å². The van der Waals surface area contributed by atoms with Crippen molar-refractivity contribution in [1.82, 2.24) is 4.98 Å². The lowest BCUT2D eigenvalue weighted by Gasteiger charge is -2.02. The van der Waals surface area contributed by atoms with Crippen LogP contribution in [0.25, 0.3) is 0 Å². The van der Waals surface area contributed by atoms with E-state index in [-0.39, 0.29) is 4.60 Å². The molecule has 0 atom stereocenters. The number of hydrogen-bond donors (Lipinski definition) is 0. The molecule has 0 radical (unpaired) electrons. The van der Waals surface area contributed by atoms with Gasteiger partial charge >= 0.3 is 5.82 Å². The van der Waals surface area contributed by atoms with Crippen LogP contribution in [0.4, 0.5) is 14.6 Å². The van der Waals surface area contributed by atoms with Crippen molar-refractivity contribution in [3.05, 3.63) is 31.9 Å². The molecule has 0 amide bonds. The fraction of sp³-hybridized carbons (Fsp3) is 0.286. The fourth-order valence-electron chi connectivity index (χ4n) is 0.910. The van der Waals surface area contributed by atoms with Gasteiger partial charge < -0.3 is 10.1 Å². The molecule has 0 bridgehead atoms. The molecule has 1 aromatic rings. The third-order valence-electron chi connectivity index (χ3n) is 1.57. The number of halogens is 3. The summed E-state index contributed by atoms with van der Waals surface area (Å²) in [6.07, 6.45) is -2.89. The largest absolute Gasteiger partial charge is 0.373 e. The Morgan fingerprint density at radius 1 is 1.64 bits per heavy atom. The molecule has 0 N–H and O–H groups in total. The van der Waals surface area contributed by atoms with Gasteiger partial charge in [0.25, 0.3) is 6.43 Å². The molecule has 0 aromatic carbocycles. The topological polar surface area (TPSA) is 56.0 Å². The monoisotopic (exact) mass is 266 g/mol. The summed E-state index contributed by atoms with van der Waals surface area (Å²) < 4.78 is 24.9. The molecule has 0 aliphatic carbocycles. The molecule has 0 saturated heterocycles. The highest BCUT2D eigenvalue weighted by Gasteiger charge is 2.25. The molecule has 1 heterocycles. The van der Waals surface area contributed by atoms with Crippen molar-refractivity contribution in [3.8, 4) is 0 Å². The Hall–Kier alpha value is -1.11. The zero-order chi connectivity index (χ0) is 10.9. The van der Waals surface area contributed by atoms with Crippen molar-refractivity contribution in [2.45, 2.75) is 13.3 Å². The summed E-state index contributed by atoms with van der Waals surface area (Å²) in [6.45, 7) is 1.53. The average Bonchev–Trinajstić information content (AvgIpc) is 2.08. The summed E-state index contributed by atoms with van der Waals surface area (Å²) in [5, 5.41) is 10.4. The molecular formula is C7H5BrF2N2O2. The van der Waals surface area contributed by atoms with Gasteiger partial charge in [-0.1, -0.05) is 0 Å². The molecular weight excluding hydrogens is 262 g/mol. The number of aromatic nitrogens is 1. The SMILES string of the molecule is Cc1cc(C(F)F)c([N+](=O)[O-])nc1Br. The lowest BCUT2D eigenvalue weighted by Crippen LogP contribution is -2.00. The Morgan fingerprint density at radius 2 is 2.21 bits per heavy atom. The van der Waals surface area contributed by atoms with Crippen LogP contribution in [0.2, 0.25) is 0 Å². The van der Waals surface area contributed by atoms with Crippen LogP contribution in [0.15, 0.2) is 10.7 Å². The van der Waals surface area contributed by atoms with Crippen LogP contribution in [0.1, 0.15) is 17.6 Å². The molecule has 0 unspecified atom stereocenters. The van der Waals surface area contributed by atoms with E-state index in [1.165, 1.54) is 6.92 Å². The molecule has 1 aromatic heterocycles. The van der Waals surface area contributed by atoms with Gasteiger partial charge in [-0.15, -0.1) is 0 Å². The molecule has 0 aliphatic heterocycles. The minimum absolute atomic E-state index is 0.202. The Morgan fingerprint density at radius 3 is 2.64 bits per heavy atom. The maximum absolute atomic E-state index is 12.3. The molecule has 76 valence electrons.